The molecule has 0 bridgehead atoms. The van der Waals surface area contributed by atoms with E-state index in [2.05, 4.69) is 97.1 Å². The highest BCUT2D eigenvalue weighted by atomic mass is 32.1. The summed E-state index contributed by atoms with van der Waals surface area (Å²) < 4.78 is 2.26. The minimum atomic E-state index is -0.0136. The van der Waals surface area contributed by atoms with Gasteiger partial charge in [0, 0.05) is 29.8 Å². The fourth-order valence-electron chi connectivity index (χ4n) is 4.07. The Morgan fingerprint density at radius 1 is 1.03 bits per heavy atom. The van der Waals surface area contributed by atoms with Crippen LogP contribution in [0, 0.1) is 13.8 Å². The number of nitrogens with one attached hydrogen (secondary N) is 1. The molecule has 4 nitrogen and oxygen atoms in total. The third kappa shape index (κ3) is 3.79. The molecule has 2 aromatic heterocycles. The van der Waals surface area contributed by atoms with Crippen molar-refractivity contribution in [1.29, 1.82) is 0 Å². The van der Waals surface area contributed by atoms with E-state index in [0.29, 0.717) is 0 Å². The second kappa shape index (κ2) is 7.30. The number of benzene rings is 1. The monoisotopic (exact) mass is 404 g/mol. The quantitative estimate of drug-likeness (QED) is 0.590. The van der Waals surface area contributed by atoms with Crippen LogP contribution in [0.5, 0.6) is 0 Å². The van der Waals surface area contributed by atoms with Crippen molar-refractivity contribution in [2.24, 2.45) is 0 Å². The van der Waals surface area contributed by atoms with Crippen LogP contribution < -0.4 is 10.2 Å². The third-order valence-electron chi connectivity index (χ3n) is 5.41. The molecule has 1 saturated heterocycles. The molecular weight excluding hydrogens is 376 g/mol. The molecule has 1 aromatic carbocycles. The Labute approximate surface area is 178 Å². The van der Waals surface area contributed by atoms with Gasteiger partial charge in [-0.2, -0.15) is 0 Å². The van der Waals surface area contributed by atoms with E-state index < -0.39 is 0 Å². The molecule has 1 aliphatic rings. The summed E-state index contributed by atoms with van der Waals surface area (Å²) in [5.74, 6) is 0. The Morgan fingerprint density at radius 2 is 1.76 bits per heavy atom. The van der Waals surface area contributed by atoms with Crippen molar-refractivity contribution in [3.05, 3.63) is 83.4 Å². The number of hydrogen-bond acceptors (Lipinski definition) is 2. The van der Waals surface area contributed by atoms with E-state index in [9.17, 15) is 0 Å². The van der Waals surface area contributed by atoms with Gasteiger partial charge in [0.25, 0.3) is 0 Å². The summed E-state index contributed by atoms with van der Waals surface area (Å²) in [5.41, 5.74) is 5.82. The molecule has 4 rings (SSSR count). The van der Waals surface area contributed by atoms with Crippen molar-refractivity contribution in [3.63, 3.8) is 0 Å². The van der Waals surface area contributed by atoms with Crippen LogP contribution in [-0.2, 0) is 5.54 Å². The fourth-order valence-corrected chi connectivity index (χ4v) is 4.41. The van der Waals surface area contributed by atoms with Crippen molar-refractivity contribution in [2.75, 3.05) is 4.90 Å². The predicted molar refractivity (Wildman–Crippen MR) is 123 cm³/mol. The SMILES string of the molecule is Cc1cc(C)cc(N2C(=S)N[C@H](c3ccccn3)[C@H]2c2ccn(C(C)(C)C)c2)c1. The van der Waals surface area contributed by atoms with Gasteiger partial charge in [-0.1, -0.05) is 12.1 Å². The average molecular weight is 405 g/mol. The molecule has 1 fully saturated rings. The largest absolute Gasteiger partial charge is 0.351 e. The third-order valence-corrected chi connectivity index (χ3v) is 5.73. The Hall–Kier alpha value is -2.66. The lowest BCUT2D eigenvalue weighted by atomic mass is 9.98. The highest BCUT2D eigenvalue weighted by Gasteiger charge is 2.41. The second-order valence-corrected chi connectivity index (χ2v) is 9.25. The maximum atomic E-state index is 5.82. The highest BCUT2D eigenvalue weighted by Crippen LogP contribution is 2.42. The smallest absolute Gasteiger partial charge is 0.174 e. The van der Waals surface area contributed by atoms with E-state index in [1.54, 1.807) is 0 Å². The molecule has 29 heavy (non-hydrogen) atoms. The van der Waals surface area contributed by atoms with Crippen LogP contribution in [0.25, 0.3) is 0 Å². The van der Waals surface area contributed by atoms with Crippen molar-refractivity contribution in [1.82, 2.24) is 14.9 Å². The lowest BCUT2D eigenvalue weighted by Gasteiger charge is -2.28. The summed E-state index contributed by atoms with van der Waals surface area (Å²) in [7, 11) is 0. The number of rotatable bonds is 3. The van der Waals surface area contributed by atoms with E-state index in [-0.39, 0.29) is 17.6 Å². The molecule has 2 atom stereocenters. The molecule has 0 radical (unpaired) electrons. The van der Waals surface area contributed by atoms with Crippen LogP contribution in [0.1, 0.15) is 55.2 Å². The van der Waals surface area contributed by atoms with Gasteiger partial charge in [-0.15, -0.1) is 0 Å². The van der Waals surface area contributed by atoms with Crippen LogP contribution in [0.4, 0.5) is 5.69 Å². The lowest BCUT2D eigenvalue weighted by Crippen LogP contribution is -2.29. The molecule has 150 valence electrons. The van der Waals surface area contributed by atoms with E-state index in [1.807, 2.05) is 18.3 Å². The molecule has 0 saturated carbocycles. The summed E-state index contributed by atoms with van der Waals surface area (Å²) in [6, 6.07) is 14.9. The minimum Gasteiger partial charge on any atom is -0.351 e. The molecule has 3 heterocycles. The van der Waals surface area contributed by atoms with Gasteiger partial charge in [0.15, 0.2) is 5.11 Å². The maximum Gasteiger partial charge on any atom is 0.174 e. The minimum absolute atomic E-state index is 0.0136. The van der Waals surface area contributed by atoms with Crippen LogP contribution in [-0.4, -0.2) is 14.7 Å². The number of anilines is 1. The zero-order chi connectivity index (χ0) is 20.8. The Balaban J connectivity index is 1.85. The van der Waals surface area contributed by atoms with Gasteiger partial charge in [-0.25, -0.2) is 0 Å². The van der Waals surface area contributed by atoms with Crippen molar-refractivity contribution in [3.8, 4) is 0 Å². The van der Waals surface area contributed by atoms with Gasteiger partial charge in [0.1, 0.15) is 0 Å². The number of aryl methyl sites for hydroxylation is 2. The summed E-state index contributed by atoms with van der Waals surface area (Å²) >= 11 is 5.82. The number of aromatic nitrogens is 2. The first-order valence-corrected chi connectivity index (χ1v) is 10.4. The number of nitrogens with zero attached hydrogens (tertiary/aromatic N) is 3. The van der Waals surface area contributed by atoms with Crippen LogP contribution in [0.2, 0.25) is 0 Å². The Bertz CT molecular complexity index is 1010. The topological polar surface area (TPSA) is 33.1 Å². The predicted octanol–water partition coefficient (Wildman–Crippen LogP) is 5.43. The maximum absolute atomic E-state index is 5.82. The van der Waals surface area contributed by atoms with E-state index >= 15 is 0 Å². The van der Waals surface area contributed by atoms with Gasteiger partial charge in [0.2, 0.25) is 0 Å². The first kappa shape index (κ1) is 19.6. The zero-order valence-corrected chi connectivity index (χ0v) is 18.5. The van der Waals surface area contributed by atoms with Gasteiger partial charge < -0.3 is 14.8 Å². The summed E-state index contributed by atoms with van der Waals surface area (Å²) in [6.07, 6.45) is 6.24. The van der Waals surface area contributed by atoms with Gasteiger partial charge in [-0.05, 0) is 93.9 Å². The molecule has 1 N–H and O–H groups in total. The number of pyridine rings is 1. The molecule has 0 aliphatic carbocycles. The summed E-state index contributed by atoms with van der Waals surface area (Å²) in [5, 5.41) is 4.28. The van der Waals surface area contributed by atoms with E-state index in [0.717, 1.165) is 16.5 Å². The zero-order valence-electron chi connectivity index (χ0n) is 17.7. The summed E-state index contributed by atoms with van der Waals surface area (Å²) in [4.78, 5) is 6.88. The van der Waals surface area contributed by atoms with Crippen molar-refractivity contribution < 1.29 is 0 Å². The number of thiocarbonyl (C=S) groups is 1. The Kier molecular flexibility index (Phi) is 4.95. The highest BCUT2D eigenvalue weighted by molar-refractivity contribution is 7.80. The van der Waals surface area contributed by atoms with Crippen LogP contribution in [0.15, 0.2) is 61.1 Å². The van der Waals surface area contributed by atoms with E-state index in [4.69, 9.17) is 12.2 Å². The molecule has 0 spiro atoms. The first-order valence-electron chi connectivity index (χ1n) is 10.0. The lowest BCUT2D eigenvalue weighted by molar-refractivity contribution is 0.397. The van der Waals surface area contributed by atoms with Crippen molar-refractivity contribution >= 4 is 23.0 Å². The first-order chi connectivity index (χ1) is 13.7. The van der Waals surface area contributed by atoms with Gasteiger partial charge in [-0.3, -0.25) is 4.98 Å². The van der Waals surface area contributed by atoms with E-state index in [1.165, 1.54) is 16.7 Å². The molecule has 0 unspecified atom stereocenters. The standard InChI is InChI=1S/C24H28N4S/c1-16-12-17(2)14-19(13-16)28-22(18-9-11-27(15-18)24(3,4)5)21(26-23(28)29)20-8-6-7-10-25-20/h6-15,21-22H,1-5H3,(H,26,29)/t21-,22-/m1/s1. The second-order valence-electron chi connectivity index (χ2n) is 8.87. The molecule has 0 amide bonds. The van der Waals surface area contributed by atoms with Gasteiger partial charge in [0.05, 0.1) is 17.8 Å². The fraction of sp³-hybridized carbons (Fsp3) is 0.333. The molecule has 3 aromatic rings. The normalized spacial score (nSPS) is 19.5. The average Bonchev–Trinajstić information content (AvgIpc) is 3.26. The van der Waals surface area contributed by atoms with Crippen LogP contribution in [0.3, 0.4) is 0 Å². The Morgan fingerprint density at radius 3 is 2.34 bits per heavy atom. The summed E-state index contributed by atoms with van der Waals surface area (Å²) in [6.45, 7) is 10.9. The van der Waals surface area contributed by atoms with Gasteiger partial charge >= 0.3 is 0 Å². The van der Waals surface area contributed by atoms with Crippen LogP contribution >= 0.6 is 12.2 Å². The molecule has 5 heteroatoms. The number of hydrogen-bond donors (Lipinski definition) is 1. The molecule has 1 aliphatic heterocycles. The molecular formula is C24H28N4S. The van der Waals surface area contributed by atoms with Crippen molar-refractivity contribution in [2.45, 2.75) is 52.2 Å².